The molecule has 2 heterocycles. The van der Waals surface area contributed by atoms with Crippen LogP contribution >= 0.6 is 0 Å². The Morgan fingerprint density at radius 1 is 1.30 bits per heavy atom. The topological polar surface area (TPSA) is 48.3 Å². The fraction of sp³-hybridized carbons (Fsp3) is 0.227. The van der Waals surface area contributed by atoms with Crippen molar-refractivity contribution in [3.8, 4) is 11.5 Å². The summed E-state index contributed by atoms with van der Waals surface area (Å²) in [6.07, 6.45) is 9.47. The molecule has 0 saturated carbocycles. The van der Waals surface area contributed by atoms with Gasteiger partial charge in [-0.25, -0.2) is 4.98 Å². The predicted molar refractivity (Wildman–Crippen MR) is 112 cm³/mol. The summed E-state index contributed by atoms with van der Waals surface area (Å²) >= 11 is 0. The Kier molecular flexibility index (Phi) is 7.06. The maximum atomic E-state index is 5.16. The number of hydrogen-bond donors (Lipinski definition) is 1. The van der Waals surface area contributed by atoms with Crippen molar-refractivity contribution >= 4 is 17.3 Å². The second-order valence-corrected chi connectivity index (χ2v) is 6.05. The highest BCUT2D eigenvalue weighted by Gasteiger charge is 2.11. The van der Waals surface area contributed by atoms with Crippen molar-refractivity contribution in [1.82, 2.24) is 14.9 Å². The molecule has 1 aromatic heterocycles. The van der Waals surface area contributed by atoms with E-state index in [0.29, 0.717) is 6.79 Å². The smallest absolute Gasteiger partial charge is 0.231 e. The molecule has 0 amide bonds. The van der Waals surface area contributed by atoms with Gasteiger partial charge in [0.2, 0.25) is 6.79 Å². The minimum absolute atomic E-state index is 0.360. The number of ether oxygens (including phenoxy) is 2. The summed E-state index contributed by atoms with van der Waals surface area (Å²) in [5, 5.41) is 3.00. The van der Waals surface area contributed by atoms with Gasteiger partial charge < -0.3 is 14.8 Å². The van der Waals surface area contributed by atoms with Crippen LogP contribution in [0.4, 0.5) is 0 Å². The monoisotopic (exact) mass is 365 g/mol. The minimum Gasteiger partial charge on any atom is -0.454 e. The summed E-state index contributed by atoms with van der Waals surface area (Å²) in [4.78, 5) is 4.38. The maximum Gasteiger partial charge on any atom is 0.231 e. The average Bonchev–Trinajstić information content (AvgIpc) is 3.27. The van der Waals surface area contributed by atoms with E-state index in [1.807, 2.05) is 75.3 Å². The van der Waals surface area contributed by atoms with Gasteiger partial charge in [0.05, 0.1) is 11.9 Å². The van der Waals surface area contributed by atoms with E-state index in [-0.39, 0.29) is 0 Å². The van der Waals surface area contributed by atoms with E-state index in [4.69, 9.17) is 9.47 Å². The van der Waals surface area contributed by atoms with Gasteiger partial charge in [0.25, 0.3) is 0 Å². The highest BCUT2D eigenvalue weighted by Crippen LogP contribution is 2.31. The van der Waals surface area contributed by atoms with E-state index in [9.17, 15) is 0 Å². The quantitative estimate of drug-likeness (QED) is 0.768. The number of imidazole rings is 1. The largest absolute Gasteiger partial charge is 0.454 e. The van der Waals surface area contributed by atoms with E-state index in [1.54, 1.807) is 6.08 Å². The summed E-state index contributed by atoms with van der Waals surface area (Å²) in [5.74, 6) is 2.58. The standard InChI is InChI=1S/C14H19N3.C8H8O2/c1-6-8-17-13(12(7-2)9-15-5)10-16-14(17)11(3)4;1-6-2-3-7-8(4-6)10-5-9-7/h6-10,15H,2-3H2,1,4-5H3;2-4H,5H2,1H3/b8-6-,12-9+;. The van der Waals surface area contributed by atoms with Crippen LogP contribution in [0.15, 0.2) is 55.9 Å². The molecule has 0 saturated heterocycles. The molecule has 5 nitrogen and oxygen atoms in total. The summed E-state index contributed by atoms with van der Waals surface area (Å²) < 4.78 is 12.3. The van der Waals surface area contributed by atoms with Gasteiger partial charge in [0.15, 0.2) is 11.5 Å². The van der Waals surface area contributed by atoms with E-state index in [0.717, 1.165) is 34.2 Å². The lowest BCUT2D eigenvalue weighted by molar-refractivity contribution is 0.174. The van der Waals surface area contributed by atoms with Crippen molar-refractivity contribution < 1.29 is 9.47 Å². The third kappa shape index (κ3) is 4.91. The van der Waals surface area contributed by atoms with Crippen molar-refractivity contribution in [1.29, 1.82) is 0 Å². The van der Waals surface area contributed by atoms with Crippen molar-refractivity contribution in [3.63, 3.8) is 0 Å². The lowest BCUT2D eigenvalue weighted by atomic mass is 10.2. The first-order chi connectivity index (χ1) is 13.0. The normalized spacial score (nSPS) is 12.5. The molecule has 5 heteroatoms. The lowest BCUT2D eigenvalue weighted by Crippen LogP contribution is -2.01. The van der Waals surface area contributed by atoms with E-state index < -0.39 is 0 Å². The number of aryl methyl sites for hydroxylation is 1. The molecule has 0 bridgehead atoms. The Bertz CT molecular complexity index is 876. The molecular weight excluding hydrogens is 338 g/mol. The van der Waals surface area contributed by atoms with Gasteiger partial charge in [0.1, 0.15) is 5.82 Å². The number of hydrogen-bond acceptors (Lipinski definition) is 4. The Balaban J connectivity index is 0.000000219. The van der Waals surface area contributed by atoms with Crippen LogP contribution in [-0.4, -0.2) is 23.4 Å². The van der Waals surface area contributed by atoms with Crippen molar-refractivity contribution in [2.45, 2.75) is 20.8 Å². The molecule has 142 valence electrons. The molecular formula is C22H27N3O2. The summed E-state index contributed by atoms with van der Waals surface area (Å²) in [6.45, 7) is 14.1. The molecule has 1 aromatic carbocycles. The number of allylic oxidation sites excluding steroid dienone is 4. The van der Waals surface area contributed by atoms with Crippen LogP contribution < -0.4 is 14.8 Å². The number of benzene rings is 1. The van der Waals surface area contributed by atoms with Gasteiger partial charge in [-0.15, -0.1) is 0 Å². The fourth-order valence-corrected chi connectivity index (χ4v) is 2.59. The maximum absolute atomic E-state index is 5.16. The van der Waals surface area contributed by atoms with Crippen LogP contribution in [0, 0.1) is 6.92 Å². The molecule has 0 fully saturated rings. The van der Waals surface area contributed by atoms with Crippen LogP contribution in [-0.2, 0) is 0 Å². The molecule has 1 N–H and O–H groups in total. The zero-order valence-electron chi connectivity index (χ0n) is 16.5. The minimum atomic E-state index is 0.360. The van der Waals surface area contributed by atoms with Crippen LogP contribution in [0.2, 0.25) is 0 Å². The molecule has 1 aliphatic rings. The molecule has 0 atom stereocenters. The Hall–Kier alpha value is -3.21. The van der Waals surface area contributed by atoms with Gasteiger partial charge in [-0.2, -0.15) is 0 Å². The SMILES string of the molecule is C=C/C(=C\NC)c1cnc(C(=C)C)n1/C=C\C.Cc1ccc2c(c1)OCO2. The van der Waals surface area contributed by atoms with E-state index in [1.165, 1.54) is 5.56 Å². The van der Waals surface area contributed by atoms with Crippen molar-refractivity contribution in [2.24, 2.45) is 0 Å². The average molecular weight is 365 g/mol. The molecule has 0 spiro atoms. The van der Waals surface area contributed by atoms with Crippen LogP contribution in [0.3, 0.4) is 0 Å². The Morgan fingerprint density at radius 3 is 2.67 bits per heavy atom. The predicted octanol–water partition coefficient (Wildman–Crippen LogP) is 4.88. The zero-order chi connectivity index (χ0) is 19.8. The first kappa shape index (κ1) is 20.1. The molecule has 2 aromatic rings. The highest BCUT2D eigenvalue weighted by molar-refractivity contribution is 5.74. The van der Waals surface area contributed by atoms with Crippen LogP contribution in [0.5, 0.6) is 11.5 Å². The summed E-state index contributed by atoms with van der Waals surface area (Å²) in [5.41, 5.74) is 4.11. The molecule has 27 heavy (non-hydrogen) atoms. The first-order valence-corrected chi connectivity index (χ1v) is 8.74. The third-order valence-electron chi connectivity index (χ3n) is 3.82. The summed E-state index contributed by atoms with van der Waals surface area (Å²) in [6, 6.07) is 5.91. The molecule has 0 aliphatic carbocycles. The van der Waals surface area contributed by atoms with Crippen molar-refractivity contribution in [2.75, 3.05) is 13.8 Å². The van der Waals surface area contributed by atoms with Gasteiger partial charge in [0, 0.05) is 25.0 Å². The van der Waals surface area contributed by atoms with Gasteiger partial charge in [-0.1, -0.05) is 31.4 Å². The molecule has 0 radical (unpaired) electrons. The number of aromatic nitrogens is 2. The van der Waals surface area contributed by atoms with Gasteiger partial charge in [-0.05, 0) is 44.0 Å². The molecule has 3 rings (SSSR count). The number of rotatable bonds is 5. The Morgan fingerprint density at radius 2 is 2.04 bits per heavy atom. The van der Waals surface area contributed by atoms with Crippen LogP contribution in [0.1, 0.15) is 30.9 Å². The van der Waals surface area contributed by atoms with Crippen molar-refractivity contribution in [3.05, 3.63) is 73.0 Å². The Labute approximate surface area is 161 Å². The number of fused-ring (bicyclic) bond motifs is 1. The van der Waals surface area contributed by atoms with E-state index in [2.05, 4.69) is 23.5 Å². The molecule has 1 aliphatic heterocycles. The van der Waals surface area contributed by atoms with Gasteiger partial charge >= 0.3 is 0 Å². The lowest BCUT2D eigenvalue weighted by Gasteiger charge is -2.07. The van der Waals surface area contributed by atoms with Gasteiger partial charge in [-0.3, -0.25) is 4.57 Å². The summed E-state index contributed by atoms with van der Waals surface area (Å²) in [7, 11) is 1.86. The number of nitrogens with zero attached hydrogens (tertiary/aromatic N) is 2. The third-order valence-corrected chi connectivity index (χ3v) is 3.82. The number of nitrogens with one attached hydrogen (secondary N) is 1. The van der Waals surface area contributed by atoms with Crippen LogP contribution in [0.25, 0.3) is 17.3 Å². The first-order valence-electron chi connectivity index (χ1n) is 8.74. The zero-order valence-corrected chi connectivity index (χ0v) is 16.5. The fourth-order valence-electron chi connectivity index (χ4n) is 2.59. The second-order valence-electron chi connectivity index (χ2n) is 6.05. The molecule has 0 unspecified atom stereocenters. The second kappa shape index (κ2) is 9.48. The van der Waals surface area contributed by atoms with E-state index >= 15 is 0 Å². The highest BCUT2D eigenvalue weighted by atomic mass is 16.7.